The lowest BCUT2D eigenvalue weighted by Gasteiger charge is -2.34. The van der Waals surface area contributed by atoms with E-state index in [1.54, 1.807) is 6.20 Å². The minimum atomic E-state index is -0.144. The zero-order chi connectivity index (χ0) is 14.5. The highest BCUT2D eigenvalue weighted by Gasteiger charge is 2.20. The number of nitrogens with zero attached hydrogens (tertiary/aromatic N) is 3. The molecule has 0 aromatic carbocycles. The molecule has 110 valence electrons. The Balaban J connectivity index is 1.79. The lowest BCUT2D eigenvalue weighted by Crippen LogP contribution is -2.45. The molecule has 20 heavy (non-hydrogen) atoms. The Labute approximate surface area is 120 Å². The second-order valence-corrected chi connectivity index (χ2v) is 5.82. The second kappa shape index (κ2) is 6.79. The first-order chi connectivity index (χ1) is 9.56. The van der Waals surface area contributed by atoms with Crippen molar-refractivity contribution >= 4 is 5.91 Å². The van der Waals surface area contributed by atoms with Crippen LogP contribution in [-0.2, 0) is 0 Å². The molecular weight excluding hydrogens is 252 g/mol. The fourth-order valence-electron chi connectivity index (χ4n) is 2.44. The van der Waals surface area contributed by atoms with Crippen LogP contribution in [0.5, 0.6) is 0 Å². The third kappa shape index (κ3) is 4.00. The maximum absolute atomic E-state index is 12.0. The third-order valence-corrected chi connectivity index (χ3v) is 4.01. The van der Waals surface area contributed by atoms with Crippen LogP contribution >= 0.6 is 0 Å². The van der Waals surface area contributed by atoms with Gasteiger partial charge in [0.1, 0.15) is 5.69 Å². The third-order valence-electron chi connectivity index (χ3n) is 4.01. The van der Waals surface area contributed by atoms with Crippen LogP contribution in [0.3, 0.4) is 0 Å². The minimum absolute atomic E-state index is 0.144. The Morgan fingerprint density at radius 3 is 2.70 bits per heavy atom. The van der Waals surface area contributed by atoms with E-state index in [1.807, 2.05) is 6.92 Å². The highest BCUT2D eigenvalue weighted by atomic mass is 16.1. The minimum Gasteiger partial charge on any atom is -0.349 e. The first-order valence-electron chi connectivity index (χ1n) is 7.37. The standard InChI is InChI=1S/C15H24N4O/c1-11-4-6-19(7-5-11)13(3)9-18-15(20)14-10-16-12(2)8-17-14/h8,10-11,13H,4-7,9H2,1-3H3,(H,18,20). The van der Waals surface area contributed by atoms with E-state index in [2.05, 4.69) is 34.0 Å². The van der Waals surface area contributed by atoms with E-state index in [9.17, 15) is 4.79 Å². The molecule has 1 atom stereocenters. The topological polar surface area (TPSA) is 58.1 Å². The summed E-state index contributed by atoms with van der Waals surface area (Å²) in [4.78, 5) is 22.6. The van der Waals surface area contributed by atoms with E-state index in [-0.39, 0.29) is 5.91 Å². The molecule has 1 aromatic heterocycles. The normalized spacial score (nSPS) is 18.8. The van der Waals surface area contributed by atoms with E-state index >= 15 is 0 Å². The van der Waals surface area contributed by atoms with Crippen LogP contribution in [0.1, 0.15) is 42.9 Å². The molecule has 1 amide bonds. The van der Waals surface area contributed by atoms with Crippen molar-refractivity contribution in [2.45, 2.75) is 39.7 Å². The van der Waals surface area contributed by atoms with Crippen molar-refractivity contribution < 1.29 is 4.79 Å². The van der Waals surface area contributed by atoms with Gasteiger partial charge in [0.15, 0.2) is 0 Å². The summed E-state index contributed by atoms with van der Waals surface area (Å²) in [6.07, 6.45) is 5.64. The SMILES string of the molecule is Cc1cnc(C(=O)NCC(C)N2CCC(C)CC2)cn1. The van der Waals surface area contributed by atoms with Gasteiger partial charge in [-0.3, -0.25) is 14.7 Å². The fourth-order valence-corrected chi connectivity index (χ4v) is 2.44. The van der Waals surface area contributed by atoms with E-state index < -0.39 is 0 Å². The number of nitrogens with one attached hydrogen (secondary N) is 1. The van der Waals surface area contributed by atoms with Gasteiger partial charge >= 0.3 is 0 Å². The molecule has 1 aromatic rings. The molecular formula is C15H24N4O. The van der Waals surface area contributed by atoms with Crippen molar-refractivity contribution in [3.63, 3.8) is 0 Å². The van der Waals surface area contributed by atoms with Crippen molar-refractivity contribution in [3.05, 3.63) is 23.8 Å². The van der Waals surface area contributed by atoms with Crippen LogP contribution in [0, 0.1) is 12.8 Å². The van der Waals surface area contributed by atoms with Crippen LogP contribution in [0.25, 0.3) is 0 Å². The Morgan fingerprint density at radius 1 is 1.40 bits per heavy atom. The summed E-state index contributed by atoms with van der Waals surface area (Å²) in [5.74, 6) is 0.686. The van der Waals surface area contributed by atoms with Gasteiger partial charge in [0.05, 0.1) is 11.9 Å². The number of aryl methyl sites for hydroxylation is 1. The molecule has 5 nitrogen and oxygen atoms in total. The number of aromatic nitrogens is 2. The fraction of sp³-hybridized carbons (Fsp3) is 0.667. The summed E-state index contributed by atoms with van der Waals surface area (Å²) in [7, 11) is 0. The summed E-state index contributed by atoms with van der Waals surface area (Å²) in [5, 5.41) is 2.94. The molecule has 1 unspecified atom stereocenters. The quantitative estimate of drug-likeness (QED) is 0.908. The van der Waals surface area contributed by atoms with Crippen LogP contribution in [0.15, 0.2) is 12.4 Å². The highest BCUT2D eigenvalue weighted by molar-refractivity contribution is 5.91. The predicted octanol–water partition coefficient (Wildman–Crippen LogP) is 1.64. The molecule has 1 fully saturated rings. The molecule has 0 radical (unpaired) electrons. The molecule has 1 aliphatic rings. The number of likely N-dealkylation sites (tertiary alicyclic amines) is 1. The summed E-state index contributed by atoms with van der Waals surface area (Å²) in [6.45, 7) is 9.24. The highest BCUT2D eigenvalue weighted by Crippen LogP contribution is 2.17. The Morgan fingerprint density at radius 2 is 2.10 bits per heavy atom. The monoisotopic (exact) mass is 276 g/mol. The van der Waals surface area contributed by atoms with E-state index in [0.29, 0.717) is 18.3 Å². The van der Waals surface area contributed by atoms with Crippen LogP contribution < -0.4 is 5.32 Å². The first-order valence-corrected chi connectivity index (χ1v) is 7.37. The van der Waals surface area contributed by atoms with Gasteiger partial charge in [0.2, 0.25) is 0 Å². The lowest BCUT2D eigenvalue weighted by atomic mass is 9.98. The van der Waals surface area contributed by atoms with Crippen molar-refractivity contribution in [1.82, 2.24) is 20.2 Å². The molecule has 0 saturated carbocycles. The van der Waals surface area contributed by atoms with Gasteiger partial charge in [-0.05, 0) is 45.7 Å². The van der Waals surface area contributed by atoms with E-state index in [0.717, 1.165) is 24.7 Å². The number of carbonyl (C=O) groups is 1. The van der Waals surface area contributed by atoms with E-state index in [1.165, 1.54) is 19.0 Å². The van der Waals surface area contributed by atoms with Gasteiger partial charge in [-0.15, -0.1) is 0 Å². The number of hydrogen-bond acceptors (Lipinski definition) is 4. The Hall–Kier alpha value is -1.49. The zero-order valence-corrected chi connectivity index (χ0v) is 12.6. The molecule has 1 saturated heterocycles. The van der Waals surface area contributed by atoms with Crippen molar-refractivity contribution in [2.24, 2.45) is 5.92 Å². The summed E-state index contributed by atoms with van der Waals surface area (Å²) < 4.78 is 0. The Kier molecular flexibility index (Phi) is 5.06. The van der Waals surface area contributed by atoms with Crippen LogP contribution in [0.4, 0.5) is 0 Å². The molecule has 5 heteroatoms. The molecule has 2 rings (SSSR count). The van der Waals surface area contributed by atoms with Crippen molar-refractivity contribution in [1.29, 1.82) is 0 Å². The van der Waals surface area contributed by atoms with Gasteiger partial charge in [-0.1, -0.05) is 6.92 Å². The largest absolute Gasteiger partial charge is 0.349 e. The molecule has 1 aliphatic heterocycles. The molecule has 0 spiro atoms. The van der Waals surface area contributed by atoms with Crippen LogP contribution in [-0.4, -0.2) is 46.5 Å². The van der Waals surface area contributed by atoms with Crippen molar-refractivity contribution in [3.8, 4) is 0 Å². The molecule has 0 bridgehead atoms. The predicted molar refractivity (Wildman–Crippen MR) is 78.5 cm³/mol. The average molecular weight is 276 g/mol. The Bertz CT molecular complexity index is 438. The molecule has 2 heterocycles. The smallest absolute Gasteiger partial charge is 0.271 e. The summed E-state index contributed by atoms with van der Waals surface area (Å²) in [6, 6.07) is 0.366. The molecule has 1 N–H and O–H groups in total. The van der Waals surface area contributed by atoms with Crippen molar-refractivity contribution in [2.75, 3.05) is 19.6 Å². The number of rotatable bonds is 4. The number of hydrogen-bond donors (Lipinski definition) is 1. The molecule has 0 aliphatic carbocycles. The summed E-state index contributed by atoms with van der Waals surface area (Å²) >= 11 is 0. The lowest BCUT2D eigenvalue weighted by molar-refractivity contribution is 0.0916. The maximum Gasteiger partial charge on any atom is 0.271 e. The van der Waals surface area contributed by atoms with Gasteiger partial charge < -0.3 is 5.32 Å². The summed E-state index contributed by atoms with van der Waals surface area (Å²) in [5.41, 5.74) is 1.20. The van der Waals surface area contributed by atoms with E-state index in [4.69, 9.17) is 0 Å². The maximum atomic E-state index is 12.0. The number of amides is 1. The zero-order valence-electron chi connectivity index (χ0n) is 12.6. The number of carbonyl (C=O) groups excluding carboxylic acids is 1. The van der Waals surface area contributed by atoms with Crippen LogP contribution in [0.2, 0.25) is 0 Å². The van der Waals surface area contributed by atoms with Gasteiger partial charge in [0.25, 0.3) is 5.91 Å². The second-order valence-electron chi connectivity index (χ2n) is 5.82. The van der Waals surface area contributed by atoms with Gasteiger partial charge in [-0.25, -0.2) is 4.98 Å². The van der Waals surface area contributed by atoms with Gasteiger partial charge in [0, 0.05) is 18.8 Å². The average Bonchev–Trinajstić information content (AvgIpc) is 2.46. The van der Waals surface area contributed by atoms with Gasteiger partial charge in [-0.2, -0.15) is 0 Å². The first kappa shape index (κ1) is 14.9. The number of piperidine rings is 1.